The molecule has 1 atom stereocenters. The lowest BCUT2D eigenvalue weighted by molar-refractivity contribution is -0.147. The van der Waals surface area contributed by atoms with Gasteiger partial charge in [-0.3, -0.25) is 19.2 Å². The molecule has 2 fully saturated rings. The fraction of sp³-hybridized carbons (Fsp3) is 0.300. The fourth-order valence-corrected chi connectivity index (χ4v) is 5.60. The van der Waals surface area contributed by atoms with Gasteiger partial charge in [-0.25, -0.2) is 0 Å². The molecule has 2 aliphatic carbocycles. The highest BCUT2D eigenvalue weighted by Crippen LogP contribution is 2.46. The highest BCUT2D eigenvalue weighted by Gasteiger charge is 2.28. The van der Waals surface area contributed by atoms with Crippen molar-refractivity contribution in [2.24, 2.45) is 5.73 Å². The minimum Gasteiger partial charge on any atom is -0.481 e. The topological polar surface area (TPSA) is 155 Å². The number of hydrogen-bond donors (Lipinski definition) is 4. The van der Waals surface area contributed by atoms with Crippen molar-refractivity contribution in [2.45, 2.75) is 77.7 Å². The Morgan fingerprint density at radius 3 is 1.54 bits per heavy atom. The molecule has 4 aromatic rings. The summed E-state index contributed by atoms with van der Waals surface area (Å²) in [6.07, 6.45) is 5.10. The van der Waals surface area contributed by atoms with Crippen LogP contribution in [0.15, 0.2) is 84.9 Å². The second-order valence-electron chi connectivity index (χ2n) is 12.2. The number of aldehydes is 1. The second-order valence-corrected chi connectivity index (χ2v) is 12.2. The van der Waals surface area contributed by atoms with Crippen molar-refractivity contribution >= 4 is 24.2 Å². The van der Waals surface area contributed by atoms with Gasteiger partial charge in [0.1, 0.15) is 12.7 Å². The average Bonchev–Trinajstić information content (AvgIpc) is 3.95. The molecular weight excluding hydrogens is 606 g/mol. The smallest absolute Gasteiger partial charge is 0.314 e. The van der Waals surface area contributed by atoms with Gasteiger partial charge in [0, 0.05) is 11.6 Å². The second kappa shape index (κ2) is 17.2. The zero-order valence-corrected chi connectivity index (χ0v) is 26.7. The number of aliphatic carboxylic acids is 3. The Morgan fingerprint density at radius 1 is 0.688 bits per heavy atom. The van der Waals surface area contributed by atoms with Gasteiger partial charge in [0.05, 0.1) is 6.42 Å². The maximum atomic E-state index is 11.0. The molecule has 0 heterocycles. The van der Waals surface area contributed by atoms with Crippen LogP contribution in [0.3, 0.4) is 0 Å². The van der Waals surface area contributed by atoms with Gasteiger partial charge in [0.2, 0.25) is 0 Å². The fourth-order valence-electron chi connectivity index (χ4n) is 5.60. The Balaban J connectivity index is 0.000000217. The van der Waals surface area contributed by atoms with Gasteiger partial charge >= 0.3 is 17.9 Å². The maximum Gasteiger partial charge on any atom is 0.314 e. The lowest BCUT2D eigenvalue weighted by Gasteiger charge is -2.16. The van der Waals surface area contributed by atoms with E-state index in [-0.39, 0.29) is 13.8 Å². The molecule has 0 bridgehead atoms. The normalized spacial score (nSPS) is 13.7. The molecule has 2 saturated carbocycles. The number of hydrogen-bond acceptors (Lipinski definition) is 5. The van der Waals surface area contributed by atoms with Crippen LogP contribution in [0.5, 0.6) is 0 Å². The van der Waals surface area contributed by atoms with Crippen LogP contribution in [0.4, 0.5) is 0 Å². The third-order valence-corrected chi connectivity index (χ3v) is 8.32. The molecule has 0 aliphatic heterocycles. The van der Waals surface area contributed by atoms with Gasteiger partial charge < -0.3 is 21.1 Å². The van der Waals surface area contributed by atoms with Gasteiger partial charge in [-0.1, -0.05) is 80.2 Å². The average molecular weight is 652 g/mol. The summed E-state index contributed by atoms with van der Waals surface area (Å²) in [6.45, 7) is 4.23. The van der Waals surface area contributed by atoms with Crippen molar-refractivity contribution < 1.29 is 34.5 Å². The van der Waals surface area contributed by atoms with E-state index in [0.29, 0.717) is 11.8 Å². The first-order valence-electron chi connectivity index (χ1n) is 15.7. The lowest BCUT2D eigenvalue weighted by atomic mass is 9.90. The SMILES string of the molecule is C.Cc1ccccc1-c1cc(C(N)CC(=O)O)ccc1C1CC1.Cc1ccccc1-c1cc(C=O)ccc1C1CC1.O=C(O)CC(=O)O. The van der Waals surface area contributed by atoms with Gasteiger partial charge in [-0.05, 0) is 114 Å². The van der Waals surface area contributed by atoms with Crippen LogP contribution in [0.2, 0.25) is 0 Å². The van der Waals surface area contributed by atoms with E-state index < -0.39 is 30.4 Å². The molecule has 2 aliphatic rings. The molecule has 5 N–H and O–H groups in total. The van der Waals surface area contributed by atoms with Crippen molar-refractivity contribution in [3.8, 4) is 22.3 Å². The lowest BCUT2D eigenvalue weighted by Crippen LogP contribution is -2.15. The minimum atomic E-state index is -1.31. The first-order valence-corrected chi connectivity index (χ1v) is 15.7. The summed E-state index contributed by atoms with van der Waals surface area (Å²) >= 11 is 0. The summed E-state index contributed by atoms with van der Waals surface area (Å²) in [6, 6.07) is 28.5. The van der Waals surface area contributed by atoms with Gasteiger partial charge in [-0.15, -0.1) is 0 Å². The summed E-state index contributed by atoms with van der Waals surface area (Å²) in [4.78, 5) is 40.7. The van der Waals surface area contributed by atoms with Gasteiger partial charge in [-0.2, -0.15) is 0 Å². The molecule has 1 unspecified atom stereocenters. The van der Waals surface area contributed by atoms with Crippen LogP contribution in [0, 0.1) is 13.8 Å². The van der Waals surface area contributed by atoms with E-state index in [2.05, 4.69) is 68.4 Å². The van der Waals surface area contributed by atoms with E-state index in [4.69, 9.17) is 21.1 Å². The van der Waals surface area contributed by atoms with Crippen LogP contribution in [0.25, 0.3) is 22.3 Å². The number of nitrogens with two attached hydrogens (primary N) is 1. The van der Waals surface area contributed by atoms with E-state index in [1.807, 2.05) is 30.3 Å². The largest absolute Gasteiger partial charge is 0.481 e. The number of benzene rings is 4. The highest BCUT2D eigenvalue weighted by molar-refractivity contribution is 5.88. The molecule has 0 amide bonds. The zero-order valence-electron chi connectivity index (χ0n) is 26.7. The Kier molecular flexibility index (Phi) is 13.4. The number of carbonyl (C=O) groups is 4. The number of carboxylic acid groups (broad SMARTS) is 3. The molecule has 48 heavy (non-hydrogen) atoms. The molecule has 0 radical (unpaired) electrons. The molecule has 252 valence electrons. The standard InChI is InChI=1S/C19H21NO2.C17H16O.C3H4O4.CH4/c1-12-4-2-3-5-15(12)17-10-14(18(20)11-19(21)22)8-9-16(17)13-6-7-13;1-12-4-2-3-5-15(12)17-10-13(11-18)6-9-16(17)14-7-8-14;4-2(5)1-3(6)7;/h2-5,8-10,13,18H,6-7,11,20H2,1H3,(H,21,22);2-6,9-11,14H,7-8H2,1H3;1H2,(H,4,5)(H,6,7);1H4. The van der Waals surface area contributed by atoms with Crippen LogP contribution >= 0.6 is 0 Å². The Labute approximate surface area is 282 Å². The van der Waals surface area contributed by atoms with Crippen LogP contribution < -0.4 is 5.73 Å². The minimum absolute atomic E-state index is 0. The number of carbonyl (C=O) groups excluding carboxylic acids is 1. The van der Waals surface area contributed by atoms with Crippen molar-refractivity contribution in [1.29, 1.82) is 0 Å². The molecule has 0 spiro atoms. The first kappa shape index (κ1) is 37.4. The quantitative estimate of drug-likeness (QED) is 0.0982. The molecular formula is C40H45NO7. The van der Waals surface area contributed by atoms with E-state index in [1.54, 1.807) is 0 Å². The van der Waals surface area contributed by atoms with Crippen molar-refractivity contribution in [3.05, 3.63) is 118 Å². The predicted octanol–water partition coefficient (Wildman–Crippen LogP) is 8.55. The van der Waals surface area contributed by atoms with E-state index >= 15 is 0 Å². The molecule has 4 aromatic carbocycles. The Bertz CT molecular complexity index is 1740. The van der Waals surface area contributed by atoms with Crippen LogP contribution in [0.1, 0.15) is 102 Å². The molecule has 8 nitrogen and oxygen atoms in total. The molecule has 8 heteroatoms. The van der Waals surface area contributed by atoms with Crippen LogP contribution in [-0.4, -0.2) is 39.5 Å². The molecule has 0 aromatic heterocycles. The number of rotatable bonds is 10. The summed E-state index contributed by atoms with van der Waals surface area (Å²) < 4.78 is 0. The summed E-state index contributed by atoms with van der Waals surface area (Å²) in [7, 11) is 0. The van der Waals surface area contributed by atoms with E-state index in [9.17, 15) is 19.2 Å². The summed E-state index contributed by atoms with van der Waals surface area (Å²) in [5.74, 6) is -2.16. The van der Waals surface area contributed by atoms with Crippen molar-refractivity contribution in [1.82, 2.24) is 0 Å². The predicted molar refractivity (Wildman–Crippen MR) is 188 cm³/mol. The number of aryl methyl sites for hydroxylation is 2. The van der Waals surface area contributed by atoms with Crippen LogP contribution in [-0.2, 0) is 14.4 Å². The van der Waals surface area contributed by atoms with Crippen molar-refractivity contribution in [2.75, 3.05) is 0 Å². The molecule has 0 saturated heterocycles. The monoisotopic (exact) mass is 651 g/mol. The maximum absolute atomic E-state index is 11.0. The van der Waals surface area contributed by atoms with Crippen molar-refractivity contribution in [3.63, 3.8) is 0 Å². The van der Waals surface area contributed by atoms with Gasteiger partial charge in [0.25, 0.3) is 0 Å². The first-order chi connectivity index (χ1) is 22.5. The Morgan fingerprint density at radius 2 is 1.15 bits per heavy atom. The van der Waals surface area contributed by atoms with E-state index in [1.165, 1.54) is 70.2 Å². The summed E-state index contributed by atoms with van der Waals surface area (Å²) in [5.41, 5.74) is 17.9. The third-order valence-electron chi connectivity index (χ3n) is 8.32. The van der Waals surface area contributed by atoms with E-state index in [0.717, 1.165) is 17.4 Å². The number of carboxylic acids is 3. The highest BCUT2D eigenvalue weighted by atomic mass is 16.4. The zero-order chi connectivity index (χ0) is 34.1. The summed E-state index contributed by atoms with van der Waals surface area (Å²) in [5, 5.41) is 24.4. The Hall–Kier alpha value is -5.08. The molecule has 6 rings (SSSR count). The van der Waals surface area contributed by atoms with Gasteiger partial charge in [0.15, 0.2) is 0 Å². The third kappa shape index (κ3) is 10.5.